The highest BCUT2D eigenvalue weighted by Crippen LogP contribution is 2.20. The SMILES string of the molecule is CC(C)N(C)CCNC(=O)N1CSCC1C(=O)O. The van der Waals surface area contributed by atoms with Gasteiger partial charge >= 0.3 is 12.0 Å². The number of amides is 2. The number of carbonyl (C=O) groups excluding carboxylic acids is 1. The van der Waals surface area contributed by atoms with Crippen molar-refractivity contribution in [2.24, 2.45) is 0 Å². The van der Waals surface area contributed by atoms with Crippen LogP contribution in [0, 0.1) is 0 Å². The number of rotatable bonds is 5. The van der Waals surface area contributed by atoms with Crippen LogP contribution in [0.5, 0.6) is 0 Å². The molecule has 104 valence electrons. The Hall–Kier alpha value is -0.950. The number of aliphatic carboxylic acids is 1. The lowest BCUT2D eigenvalue weighted by Gasteiger charge is -2.24. The largest absolute Gasteiger partial charge is 0.480 e. The van der Waals surface area contributed by atoms with Crippen LogP contribution in [0.1, 0.15) is 13.8 Å². The number of hydrogen-bond acceptors (Lipinski definition) is 4. The van der Waals surface area contributed by atoms with E-state index in [4.69, 9.17) is 5.11 Å². The summed E-state index contributed by atoms with van der Waals surface area (Å²) in [7, 11) is 1.99. The molecule has 0 aromatic carbocycles. The van der Waals surface area contributed by atoms with Crippen molar-refractivity contribution in [2.45, 2.75) is 25.9 Å². The van der Waals surface area contributed by atoms with Gasteiger partial charge in [0.25, 0.3) is 0 Å². The minimum atomic E-state index is -0.936. The van der Waals surface area contributed by atoms with E-state index >= 15 is 0 Å². The molecule has 1 saturated heterocycles. The van der Waals surface area contributed by atoms with Gasteiger partial charge in [-0.2, -0.15) is 0 Å². The molecule has 1 rings (SSSR count). The maximum absolute atomic E-state index is 11.8. The number of nitrogens with zero attached hydrogens (tertiary/aromatic N) is 2. The van der Waals surface area contributed by atoms with Gasteiger partial charge in [-0.3, -0.25) is 0 Å². The maximum Gasteiger partial charge on any atom is 0.327 e. The third kappa shape index (κ3) is 4.06. The van der Waals surface area contributed by atoms with E-state index in [1.165, 1.54) is 16.7 Å². The molecule has 0 aromatic rings. The molecule has 1 heterocycles. The smallest absolute Gasteiger partial charge is 0.327 e. The van der Waals surface area contributed by atoms with Gasteiger partial charge in [-0.25, -0.2) is 9.59 Å². The van der Waals surface area contributed by atoms with Gasteiger partial charge in [-0.05, 0) is 20.9 Å². The van der Waals surface area contributed by atoms with Gasteiger partial charge in [0, 0.05) is 24.9 Å². The molecule has 6 nitrogen and oxygen atoms in total. The topological polar surface area (TPSA) is 72.9 Å². The van der Waals surface area contributed by atoms with Gasteiger partial charge in [0.2, 0.25) is 0 Å². The van der Waals surface area contributed by atoms with Crippen molar-refractivity contribution in [1.82, 2.24) is 15.1 Å². The lowest BCUT2D eigenvalue weighted by Crippen LogP contribution is -2.48. The Morgan fingerprint density at radius 2 is 2.22 bits per heavy atom. The Morgan fingerprint density at radius 1 is 1.56 bits per heavy atom. The normalized spacial score (nSPS) is 19.6. The summed E-state index contributed by atoms with van der Waals surface area (Å²) in [4.78, 5) is 26.3. The van der Waals surface area contributed by atoms with Crippen molar-refractivity contribution < 1.29 is 14.7 Å². The van der Waals surface area contributed by atoms with E-state index in [0.29, 0.717) is 24.2 Å². The maximum atomic E-state index is 11.8. The van der Waals surface area contributed by atoms with Crippen molar-refractivity contribution in [1.29, 1.82) is 0 Å². The Labute approximate surface area is 112 Å². The Bertz CT molecular complexity index is 312. The fraction of sp³-hybridized carbons (Fsp3) is 0.818. The molecule has 0 aromatic heterocycles. The molecule has 2 amide bonds. The number of urea groups is 1. The highest BCUT2D eigenvalue weighted by atomic mass is 32.2. The first-order valence-corrected chi connectivity index (χ1v) is 7.14. The van der Waals surface area contributed by atoms with E-state index in [1.54, 1.807) is 0 Å². The quantitative estimate of drug-likeness (QED) is 0.764. The van der Waals surface area contributed by atoms with Crippen LogP contribution in [-0.4, -0.2) is 70.8 Å². The van der Waals surface area contributed by atoms with E-state index < -0.39 is 12.0 Å². The first kappa shape index (κ1) is 15.1. The summed E-state index contributed by atoms with van der Waals surface area (Å²) in [6.45, 7) is 5.45. The fourth-order valence-corrected chi connectivity index (χ4v) is 2.69. The summed E-state index contributed by atoms with van der Waals surface area (Å²) in [6.07, 6.45) is 0. The van der Waals surface area contributed by atoms with Gasteiger partial charge in [-0.15, -0.1) is 11.8 Å². The van der Waals surface area contributed by atoms with Crippen LogP contribution in [0.3, 0.4) is 0 Å². The number of thioether (sulfide) groups is 1. The molecule has 0 bridgehead atoms. The molecule has 2 N–H and O–H groups in total. The van der Waals surface area contributed by atoms with E-state index in [1.807, 2.05) is 7.05 Å². The van der Waals surface area contributed by atoms with Crippen LogP contribution < -0.4 is 5.32 Å². The minimum Gasteiger partial charge on any atom is -0.480 e. The number of hydrogen-bond donors (Lipinski definition) is 2. The van der Waals surface area contributed by atoms with Crippen LogP contribution in [0.25, 0.3) is 0 Å². The molecular weight excluding hydrogens is 254 g/mol. The molecule has 1 atom stereocenters. The van der Waals surface area contributed by atoms with Crippen LogP contribution >= 0.6 is 11.8 Å². The second-order valence-corrected chi connectivity index (χ2v) is 5.63. The second kappa shape index (κ2) is 6.84. The number of nitrogens with one attached hydrogen (secondary N) is 1. The Morgan fingerprint density at radius 3 is 2.78 bits per heavy atom. The number of carbonyl (C=O) groups is 2. The van der Waals surface area contributed by atoms with Crippen molar-refractivity contribution in [3.63, 3.8) is 0 Å². The first-order valence-electron chi connectivity index (χ1n) is 5.98. The number of carboxylic acid groups (broad SMARTS) is 1. The zero-order valence-electron chi connectivity index (χ0n) is 11.0. The predicted octanol–water partition coefficient (Wildman–Crippen LogP) is 0.496. The van der Waals surface area contributed by atoms with Crippen LogP contribution in [0.2, 0.25) is 0 Å². The summed E-state index contributed by atoms with van der Waals surface area (Å²) >= 11 is 1.47. The molecule has 0 aliphatic carbocycles. The molecule has 0 spiro atoms. The highest BCUT2D eigenvalue weighted by Gasteiger charge is 2.34. The summed E-state index contributed by atoms with van der Waals surface area (Å²) in [5.74, 6) is -0.0215. The van der Waals surface area contributed by atoms with Crippen LogP contribution in [0.15, 0.2) is 0 Å². The third-order valence-electron chi connectivity index (χ3n) is 3.05. The van der Waals surface area contributed by atoms with Gasteiger partial charge in [0.15, 0.2) is 0 Å². The second-order valence-electron chi connectivity index (χ2n) is 4.63. The number of carboxylic acids is 1. The monoisotopic (exact) mass is 275 g/mol. The zero-order chi connectivity index (χ0) is 13.7. The molecule has 0 saturated carbocycles. The molecule has 7 heteroatoms. The Balaban J connectivity index is 2.34. The molecule has 1 aliphatic rings. The molecule has 1 aliphatic heterocycles. The third-order valence-corrected chi connectivity index (χ3v) is 4.06. The van der Waals surface area contributed by atoms with E-state index in [9.17, 15) is 9.59 Å². The van der Waals surface area contributed by atoms with E-state index in [2.05, 4.69) is 24.1 Å². The molecular formula is C11H21N3O3S. The Kier molecular flexibility index (Phi) is 5.74. The zero-order valence-corrected chi connectivity index (χ0v) is 11.9. The standard InChI is InChI=1S/C11H21N3O3S/c1-8(2)13(3)5-4-12-11(17)14-7-18-6-9(14)10(15)16/h8-9H,4-7H2,1-3H3,(H,12,17)(H,15,16). The minimum absolute atomic E-state index is 0.287. The lowest BCUT2D eigenvalue weighted by molar-refractivity contribution is -0.140. The first-order chi connectivity index (χ1) is 8.43. The summed E-state index contributed by atoms with van der Waals surface area (Å²) in [6, 6.07) is -0.557. The summed E-state index contributed by atoms with van der Waals surface area (Å²) in [5.41, 5.74) is 0. The average Bonchev–Trinajstić information content (AvgIpc) is 2.77. The molecule has 0 radical (unpaired) electrons. The van der Waals surface area contributed by atoms with Crippen molar-refractivity contribution in [3.05, 3.63) is 0 Å². The van der Waals surface area contributed by atoms with Crippen molar-refractivity contribution in [2.75, 3.05) is 31.8 Å². The molecule has 1 fully saturated rings. The molecule has 1 unspecified atom stereocenters. The highest BCUT2D eigenvalue weighted by molar-refractivity contribution is 7.99. The van der Waals surface area contributed by atoms with Gasteiger partial charge in [0.05, 0.1) is 5.88 Å². The van der Waals surface area contributed by atoms with Crippen molar-refractivity contribution in [3.8, 4) is 0 Å². The summed E-state index contributed by atoms with van der Waals surface area (Å²) in [5, 5.41) is 11.7. The number of likely N-dealkylation sites (N-methyl/N-ethyl adjacent to an activating group) is 1. The van der Waals surface area contributed by atoms with Gasteiger partial charge in [-0.1, -0.05) is 0 Å². The van der Waals surface area contributed by atoms with E-state index in [-0.39, 0.29) is 6.03 Å². The lowest BCUT2D eigenvalue weighted by atomic mass is 10.3. The fourth-order valence-electron chi connectivity index (χ4n) is 1.55. The molecule has 18 heavy (non-hydrogen) atoms. The van der Waals surface area contributed by atoms with Crippen LogP contribution in [-0.2, 0) is 4.79 Å². The summed E-state index contributed by atoms with van der Waals surface area (Å²) < 4.78 is 0. The van der Waals surface area contributed by atoms with Gasteiger partial charge in [0.1, 0.15) is 6.04 Å². The van der Waals surface area contributed by atoms with Crippen molar-refractivity contribution >= 4 is 23.8 Å². The average molecular weight is 275 g/mol. The van der Waals surface area contributed by atoms with Gasteiger partial charge < -0.3 is 20.2 Å². The van der Waals surface area contributed by atoms with E-state index in [0.717, 1.165) is 6.54 Å². The predicted molar refractivity (Wildman–Crippen MR) is 71.8 cm³/mol. The van der Waals surface area contributed by atoms with Crippen LogP contribution in [0.4, 0.5) is 4.79 Å².